The fourth-order valence-corrected chi connectivity index (χ4v) is 3.36. The lowest BCUT2D eigenvalue weighted by Crippen LogP contribution is -2.37. The molecular formula is C17H17N3O5S. The number of hydrogen-bond donors (Lipinski definition) is 1. The number of carbonyl (C=O) groups excluding carboxylic acids is 3. The van der Waals surface area contributed by atoms with Crippen LogP contribution in [0.2, 0.25) is 0 Å². The van der Waals surface area contributed by atoms with Crippen molar-refractivity contribution >= 4 is 41.1 Å². The smallest absolute Gasteiger partial charge is 0.308 e. The van der Waals surface area contributed by atoms with Crippen LogP contribution in [-0.2, 0) is 19.1 Å². The van der Waals surface area contributed by atoms with Crippen LogP contribution >= 0.6 is 11.8 Å². The van der Waals surface area contributed by atoms with E-state index in [2.05, 4.69) is 10.5 Å². The molecule has 1 N–H and O–H groups in total. The number of nitrogens with zero attached hydrogens (tertiary/aromatic N) is 2. The van der Waals surface area contributed by atoms with Gasteiger partial charge >= 0.3 is 5.97 Å². The van der Waals surface area contributed by atoms with Crippen molar-refractivity contribution in [3.8, 4) is 0 Å². The van der Waals surface area contributed by atoms with Crippen molar-refractivity contribution in [2.45, 2.75) is 18.2 Å². The summed E-state index contributed by atoms with van der Waals surface area (Å²) in [6.07, 6.45) is 0.00108. The molecule has 8 nitrogen and oxygen atoms in total. The largest absolute Gasteiger partial charge is 0.456 e. The van der Waals surface area contributed by atoms with Gasteiger partial charge in [0.2, 0.25) is 5.91 Å². The molecule has 0 fully saturated rings. The van der Waals surface area contributed by atoms with Gasteiger partial charge in [0.25, 0.3) is 5.91 Å². The van der Waals surface area contributed by atoms with Crippen molar-refractivity contribution < 1.29 is 23.6 Å². The van der Waals surface area contributed by atoms with Gasteiger partial charge in [-0.15, -0.1) is 11.8 Å². The van der Waals surface area contributed by atoms with Gasteiger partial charge in [-0.05, 0) is 19.1 Å². The van der Waals surface area contributed by atoms with Gasteiger partial charge in [0.05, 0.1) is 17.9 Å². The first-order valence-corrected chi connectivity index (χ1v) is 8.92. The third kappa shape index (κ3) is 4.42. The Morgan fingerprint density at radius 1 is 1.38 bits per heavy atom. The monoisotopic (exact) mass is 375 g/mol. The summed E-state index contributed by atoms with van der Waals surface area (Å²) in [4.78, 5) is 38.3. The number of aryl methyl sites for hydroxylation is 1. The van der Waals surface area contributed by atoms with Crippen molar-refractivity contribution in [3.63, 3.8) is 0 Å². The average Bonchev–Trinajstić information content (AvgIpc) is 3.03. The fraction of sp³-hybridized carbons (Fsp3) is 0.294. The summed E-state index contributed by atoms with van der Waals surface area (Å²) in [5.74, 6) is 0.0348. The van der Waals surface area contributed by atoms with Crippen molar-refractivity contribution in [1.82, 2.24) is 5.16 Å². The maximum Gasteiger partial charge on any atom is 0.308 e. The van der Waals surface area contributed by atoms with Crippen LogP contribution in [0, 0.1) is 6.92 Å². The SMILES string of the molecule is Cc1cc(NC(=O)COC(=O)CCN2C(=O)CSc3ccccc32)no1. The summed E-state index contributed by atoms with van der Waals surface area (Å²) in [6.45, 7) is 1.48. The number of carbonyl (C=O) groups is 3. The number of aromatic nitrogens is 1. The molecule has 26 heavy (non-hydrogen) atoms. The Morgan fingerprint density at radius 2 is 2.19 bits per heavy atom. The minimum Gasteiger partial charge on any atom is -0.456 e. The molecule has 0 radical (unpaired) electrons. The number of para-hydroxylation sites is 1. The highest BCUT2D eigenvalue weighted by Crippen LogP contribution is 2.34. The second kappa shape index (κ2) is 8.05. The lowest BCUT2D eigenvalue weighted by Gasteiger charge is -2.28. The van der Waals surface area contributed by atoms with E-state index < -0.39 is 18.5 Å². The molecule has 3 rings (SSSR count). The van der Waals surface area contributed by atoms with Crippen LogP contribution in [0.3, 0.4) is 0 Å². The standard InChI is InChI=1S/C17H17N3O5S/c1-11-8-14(19-25-11)18-15(21)9-24-17(23)6-7-20-12-4-2-3-5-13(12)26-10-16(20)22/h2-5,8H,6-7,9-10H2,1H3,(H,18,19,21). The van der Waals surface area contributed by atoms with Crippen LogP contribution in [0.4, 0.5) is 11.5 Å². The summed E-state index contributed by atoms with van der Waals surface area (Å²) < 4.78 is 9.77. The van der Waals surface area contributed by atoms with Crippen LogP contribution in [0.5, 0.6) is 0 Å². The summed E-state index contributed by atoms with van der Waals surface area (Å²) in [5, 5.41) is 6.07. The zero-order valence-corrected chi connectivity index (χ0v) is 14.9. The normalized spacial score (nSPS) is 13.3. The molecule has 0 unspecified atom stereocenters. The minimum absolute atomic E-state index is 0.00108. The summed E-state index contributed by atoms with van der Waals surface area (Å²) >= 11 is 1.48. The second-order valence-corrected chi connectivity index (χ2v) is 6.60. The Hall–Kier alpha value is -2.81. The van der Waals surface area contributed by atoms with Gasteiger partial charge in [-0.1, -0.05) is 17.3 Å². The summed E-state index contributed by atoms with van der Waals surface area (Å²) in [6, 6.07) is 9.09. The van der Waals surface area contributed by atoms with Crippen LogP contribution < -0.4 is 10.2 Å². The number of hydrogen-bond acceptors (Lipinski definition) is 7. The first kappa shape index (κ1) is 18.0. The van der Waals surface area contributed by atoms with Crippen molar-refractivity contribution in [1.29, 1.82) is 0 Å². The molecule has 0 saturated heterocycles. The first-order chi connectivity index (χ1) is 12.5. The molecule has 2 heterocycles. The third-order valence-corrected chi connectivity index (χ3v) is 4.66. The molecule has 0 bridgehead atoms. The van der Waals surface area contributed by atoms with Crippen molar-refractivity contribution in [3.05, 3.63) is 36.1 Å². The number of esters is 1. The average molecular weight is 375 g/mol. The number of benzene rings is 1. The van der Waals surface area contributed by atoms with Crippen LogP contribution in [-0.4, -0.2) is 41.8 Å². The highest BCUT2D eigenvalue weighted by atomic mass is 32.2. The van der Waals surface area contributed by atoms with E-state index in [1.165, 1.54) is 11.8 Å². The molecule has 1 aromatic heterocycles. The number of ether oxygens (including phenoxy) is 1. The Bertz CT molecular complexity index is 835. The highest BCUT2D eigenvalue weighted by molar-refractivity contribution is 8.00. The van der Waals surface area contributed by atoms with Gasteiger partial charge in [-0.2, -0.15) is 0 Å². The molecule has 0 saturated carbocycles. The van der Waals surface area contributed by atoms with Crippen LogP contribution in [0.15, 0.2) is 39.8 Å². The molecule has 2 aromatic rings. The van der Waals surface area contributed by atoms with Gasteiger partial charge in [0.1, 0.15) is 5.76 Å². The van der Waals surface area contributed by atoms with Crippen LogP contribution in [0.25, 0.3) is 0 Å². The molecule has 1 aliphatic heterocycles. The molecule has 1 aliphatic rings. The Labute approximate surface area is 153 Å². The number of amides is 2. The van der Waals surface area contributed by atoms with Crippen molar-refractivity contribution in [2.75, 3.05) is 29.1 Å². The molecule has 1 aromatic carbocycles. The lowest BCUT2D eigenvalue weighted by atomic mass is 10.2. The molecular weight excluding hydrogens is 358 g/mol. The minimum atomic E-state index is -0.556. The number of fused-ring (bicyclic) bond motifs is 1. The molecule has 0 spiro atoms. The van der Waals surface area contributed by atoms with Crippen LogP contribution in [0.1, 0.15) is 12.2 Å². The number of rotatable bonds is 6. The molecule has 9 heteroatoms. The van der Waals surface area contributed by atoms with Gasteiger partial charge in [0, 0.05) is 17.5 Å². The predicted molar refractivity (Wildman–Crippen MR) is 95.0 cm³/mol. The quantitative estimate of drug-likeness (QED) is 0.771. The topological polar surface area (TPSA) is 102 Å². The number of thioether (sulfide) groups is 1. The van der Waals surface area contributed by atoms with Gasteiger partial charge in [-0.3, -0.25) is 14.4 Å². The third-order valence-electron chi connectivity index (χ3n) is 3.61. The van der Waals surface area contributed by atoms with Gasteiger partial charge in [-0.25, -0.2) is 0 Å². The van der Waals surface area contributed by atoms with E-state index in [4.69, 9.17) is 9.26 Å². The first-order valence-electron chi connectivity index (χ1n) is 7.94. The van der Waals surface area contributed by atoms with Gasteiger partial charge in [0.15, 0.2) is 12.4 Å². The molecule has 2 amide bonds. The molecule has 0 aliphatic carbocycles. The lowest BCUT2D eigenvalue weighted by molar-refractivity contribution is -0.147. The summed E-state index contributed by atoms with van der Waals surface area (Å²) in [7, 11) is 0. The van der Waals surface area contributed by atoms with E-state index in [1.54, 1.807) is 17.9 Å². The van der Waals surface area contributed by atoms with E-state index in [0.29, 0.717) is 11.5 Å². The highest BCUT2D eigenvalue weighted by Gasteiger charge is 2.25. The summed E-state index contributed by atoms with van der Waals surface area (Å²) in [5.41, 5.74) is 0.792. The fourth-order valence-electron chi connectivity index (χ4n) is 2.42. The molecule has 0 atom stereocenters. The zero-order chi connectivity index (χ0) is 18.5. The van der Waals surface area contributed by atoms with E-state index in [1.807, 2.05) is 24.3 Å². The Morgan fingerprint density at radius 3 is 2.96 bits per heavy atom. The van der Waals surface area contributed by atoms with E-state index in [0.717, 1.165) is 10.6 Å². The number of anilines is 2. The maximum absolute atomic E-state index is 12.1. The Kier molecular flexibility index (Phi) is 5.57. The van der Waals surface area contributed by atoms with E-state index in [9.17, 15) is 14.4 Å². The van der Waals surface area contributed by atoms with Gasteiger partial charge < -0.3 is 19.5 Å². The Balaban J connectivity index is 1.47. The maximum atomic E-state index is 12.1. The van der Waals surface area contributed by atoms with E-state index in [-0.39, 0.29) is 24.7 Å². The molecule has 136 valence electrons. The zero-order valence-electron chi connectivity index (χ0n) is 14.1. The predicted octanol–water partition coefficient (Wildman–Crippen LogP) is 1.99. The van der Waals surface area contributed by atoms with E-state index >= 15 is 0 Å². The number of nitrogens with one attached hydrogen (secondary N) is 1. The second-order valence-electron chi connectivity index (χ2n) is 5.58. The van der Waals surface area contributed by atoms with Crippen molar-refractivity contribution in [2.24, 2.45) is 0 Å².